The van der Waals surface area contributed by atoms with Crippen LogP contribution in [0.3, 0.4) is 0 Å². The number of hydrogen-bond donors (Lipinski definition) is 1. The number of pyridine rings is 1. The van der Waals surface area contributed by atoms with Crippen LogP contribution < -0.4 is 5.73 Å². The van der Waals surface area contributed by atoms with E-state index in [4.69, 9.17) is 10.5 Å². The first-order valence-electron chi connectivity index (χ1n) is 4.19. The molecule has 0 saturated carbocycles. The number of carbonyl (C=O) groups excluding carboxylic acids is 1. The monoisotopic (exact) mass is 258 g/mol. The van der Waals surface area contributed by atoms with Crippen molar-refractivity contribution in [3.05, 3.63) is 28.5 Å². The predicted octanol–water partition coefficient (Wildman–Crippen LogP) is 1.41. The average Bonchev–Trinajstić information content (AvgIpc) is 2.17. The maximum absolute atomic E-state index is 11.3. The predicted molar refractivity (Wildman–Crippen MR) is 55.5 cm³/mol. The van der Waals surface area contributed by atoms with Gasteiger partial charge in [-0.3, -0.25) is 0 Å². The molecule has 0 aromatic carbocycles. The molecule has 1 aromatic rings. The van der Waals surface area contributed by atoms with Gasteiger partial charge in [-0.15, -0.1) is 0 Å². The van der Waals surface area contributed by atoms with E-state index in [2.05, 4.69) is 20.9 Å². The highest BCUT2D eigenvalue weighted by molar-refractivity contribution is 9.10. The van der Waals surface area contributed by atoms with Gasteiger partial charge in [0.25, 0.3) is 0 Å². The summed E-state index contributed by atoms with van der Waals surface area (Å²) in [5.41, 5.74) is 6.13. The summed E-state index contributed by atoms with van der Waals surface area (Å²) in [4.78, 5) is 15.3. The minimum atomic E-state index is -0.813. The van der Waals surface area contributed by atoms with Crippen LogP contribution in [0.15, 0.2) is 22.8 Å². The lowest BCUT2D eigenvalue weighted by Gasteiger charge is -2.09. The number of carbonyl (C=O) groups is 1. The molecule has 2 N–H and O–H groups in total. The second kappa shape index (κ2) is 5.07. The molecule has 0 aliphatic rings. The standard InChI is InChI=1S/C9H11BrN2O2/c1-2-14-9(13)8(11)6-4-3-5-7(10)12-6/h3-5,8H,2,11H2,1H3. The summed E-state index contributed by atoms with van der Waals surface area (Å²) in [6.07, 6.45) is 0. The molecule has 1 atom stereocenters. The SMILES string of the molecule is CCOC(=O)C(N)c1cccc(Br)n1. The van der Waals surface area contributed by atoms with E-state index in [-0.39, 0.29) is 0 Å². The van der Waals surface area contributed by atoms with Crippen molar-refractivity contribution in [1.29, 1.82) is 0 Å². The highest BCUT2D eigenvalue weighted by atomic mass is 79.9. The molecule has 1 unspecified atom stereocenters. The number of ether oxygens (including phenoxy) is 1. The lowest BCUT2D eigenvalue weighted by Crippen LogP contribution is -2.24. The van der Waals surface area contributed by atoms with Crippen molar-refractivity contribution in [3.8, 4) is 0 Å². The third-order valence-electron chi connectivity index (χ3n) is 1.60. The molecule has 0 aliphatic heterocycles. The van der Waals surface area contributed by atoms with E-state index < -0.39 is 12.0 Å². The number of hydrogen-bond acceptors (Lipinski definition) is 4. The molecule has 0 radical (unpaired) electrons. The quantitative estimate of drug-likeness (QED) is 0.658. The first-order valence-corrected chi connectivity index (χ1v) is 4.99. The summed E-state index contributed by atoms with van der Waals surface area (Å²) in [6.45, 7) is 2.06. The van der Waals surface area contributed by atoms with Crippen LogP contribution in [-0.2, 0) is 9.53 Å². The maximum Gasteiger partial charge on any atom is 0.329 e. The van der Waals surface area contributed by atoms with Gasteiger partial charge in [0.05, 0.1) is 12.3 Å². The molecule has 1 rings (SSSR count). The number of rotatable bonds is 3. The Balaban J connectivity index is 2.78. The average molecular weight is 259 g/mol. The van der Waals surface area contributed by atoms with Crippen molar-refractivity contribution in [1.82, 2.24) is 4.98 Å². The summed E-state index contributed by atoms with van der Waals surface area (Å²) in [7, 11) is 0. The number of esters is 1. The molecule has 14 heavy (non-hydrogen) atoms. The number of aromatic nitrogens is 1. The van der Waals surface area contributed by atoms with Crippen LogP contribution >= 0.6 is 15.9 Å². The van der Waals surface area contributed by atoms with Crippen molar-refractivity contribution >= 4 is 21.9 Å². The molecule has 1 aromatic heterocycles. The van der Waals surface area contributed by atoms with E-state index in [0.717, 1.165) is 0 Å². The fourth-order valence-corrected chi connectivity index (χ4v) is 1.31. The third-order valence-corrected chi connectivity index (χ3v) is 2.04. The zero-order valence-electron chi connectivity index (χ0n) is 7.74. The van der Waals surface area contributed by atoms with Crippen LogP contribution in [0.5, 0.6) is 0 Å². The van der Waals surface area contributed by atoms with Gasteiger partial charge in [-0.25, -0.2) is 9.78 Å². The number of halogens is 1. The van der Waals surface area contributed by atoms with Crippen LogP contribution in [0.4, 0.5) is 0 Å². The first-order chi connectivity index (χ1) is 6.65. The second-order valence-electron chi connectivity index (χ2n) is 2.61. The topological polar surface area (TPSA) is 65.2 Å². The maximum atomic E-state index is 11.3. The Morgan fingerprint density at radius 1 is 1.71 bits per heavy atom. The molecule has 4 nitrogen and oxygen atoms in total. The molecular formula is C9H11BrN2O2. The van der Waals surface area contributed by atoms with Crippen LogP contribution in [0.2, 0.25) is 0 Å². The van der Waals surface area contributed by atoms with E-state index >= 15 is 0 Å². The molecule has 0 bridgehead atoms. The van der Waals surface area contributed by atoms with E-state index in [1.165, 1.54) is 0 Å². The minimum Gasteiger partial charge on any atom is -0.465 e. The van der Waals surface area contributed by atoms with Gasteiger partial charge in [0.15, 0.2) is 0 Å². The Bertz CT molecular complexity index is 330. The van der Waals surface area contributed by atoms with Gasteiger partial charge in [-0.2, -0.15) is 0 Å². The summed E-state index contributed by atoms with van der Waals surface area (Å²) in [5, 5.41) is 0. The van der Waals surface area contributed by atoms with Crippen molar-refractivity contribution in [2.24, 2.45) is 5.73 Å². The lowest BCUT2D eigenvalue weighted by molar-refractivity contribution is -0.144. The second-order valence-corrected chi connectivity index (χ2v) is 3.43. The zero-order chi connectivity index (χ0) is 10.6. The van der Waals surface area contributed by atoms with Gasteiger partial charge in [0.1, 0.15) is 10.6 Å². The van der Waals surface area contributed by atoms with E-state index in [0.29, 0.717) is 16.9 Å². The van der Waals surface area contributed by atoms with Crippen LogP contribution in [0.25, 0.3) is 0 Å². The smallest absolute Gasteiger partial charge is 0.329 e. The van der Waals surface area contributed by atoms with Crippen LogP contribution in [-0.4, -0.2) is 17.6 Å². The molecule has 0 aliphatic carbocycles. The highest BCUT2D eigenvalue weighted by Crippen LogP contribution is 2.12. The first kappa shape index (κ1) is 11.1. The van der Waals surface area contributed by atoms with Crippen molar-refractivity contribution in [2.75, 3.05) is 6.61 Å². The molecule has 1 heterocycles. The van der Waals surface area contributed by atoms with E-state index in [1.54, 1.807) is 25.1 Å². The molecular weight excluding hydrogens is 248 g/mol. The minimum absolute atomic E-state index is 0.320. The summed E-state index contributed by atoms with van der Waals surface area (Å²) in [5.74, 6) is -0.460. The van der Waals surface area contributed by atoms with Gasteiger partial charge >= 0.3 is 5.97 Å². The molecule has 76 valence electrons. The molecule has 0 amide bonds. The zero-order valence-corrected chi connectivity index (χ0v) is 9.32. The Morgan fingerprint density at radius 2 is 2.43 bits per heavy atom. The van der Waals surface area contributed by atoms with Gasteiger partial charge in [0.2, 0.25) is 0 Å². The third kappa shape index (κ3) is 2.78. The van der Waals surface area contributed by atoms with E-state index in [1.807, 2.05) is 0 Å². The number of nitrogens with two attached hydrogens (primary N) is 1. The highest BCUT2D eigenvalue weighted by Gasteiger charge is 2.17. The Morgan fingerprint density at radius 3 is 3.00 bits per heavy atom. The van der Waals surface area contributed by atoms with Crippen LogP contribution in [0.1, 0.15) is 18.7 Å². The Labute approximate surface area is 90.6 Å². The normalized spacial score (nSPS) is 12.2. The van der Waals surface area contributed by atoms with Crippen molar-refractivity contribution in [2.45, 2.75) is 13.0 Å². The summed E-state index contributed by atoms with van der Waals surface area (Å²) < 4.78 is 5.43. The molecule has 0 fully saturated rings. The summed E-state index contributed by atoms with van der Waals surface area (Å²) >= 11 is 3.20. The largest absolute Gasteiger partial charge is 0.465 e. The van der Waals surface area contributed by atoms with Gasteiger partial charge < -0.3 is 10.5 Å². The Kier molecular flexibility index (Phi) is 4.03. The van der Waals surface area contributed by atoms with Gasteiger partial charge in [0, 0.05) is 0 Å². The molecule has 0 saturated heterocycles. The van der Waals surface area contributed by atoms with Crippen LogP contribution in [0, 0.1) is 0 Å². The lowest BCUT2D eigenvalue weighted by atomic mass is 10.2. The van der Waals surface area contributed by atoms with Crippen molar-refractivity contribution in [3.63, 3.8) is 0 Å². The van der Waals surface area contributed by atoms with Gasteiger partial charge in [-0.05, 0) is 35.0 Å². The van der Waals surface area contributed by atoms with Gasteiger partial charge in [-0.1, -0.05) is 6.07 Å². The molecule has 5 heteroatoms. The Hall–Kier alpha value is -0.940. The fourth-order valence-electron chi connectivity index (χ4n) is 0.950. The van der Waals surface area contributed by atoms with Crippen molar-refractivity contribution < 1.29 is 9.53 Å². The fraction of sp³-hybridized carbons (Fsp3) is 0.333. The summed E-state index contributed by atoms with van der Waals surface area (Å²) in [6, 6.07) is 4.41. The number of nitrogens with zero attached hydrogens (tertiary/aromatic N) is 1. The van der Waals surface area contributed by atoms with E-state index in [9.17, 15) is 4.79 Å². The molecule has 0 spiro atoms.